The topological polar surface area (TPSA) is 163 Å². The second-order valence-electron chi connectivity index (χ2n) is 6.19. The van der Waals surface area contributed by atoms with E-state index in [1.54, 1.807) is 18.2 Å². The zero-order valence-corrected chi connectivity index (χ0v) is 15.7. The quantitative estimate of drug-likeness (QED) is 0.212. The zero-order valence-electron chi connectivity index (χ0n) is 15.7. The lowest BCUT2D eigenvalue weighted by Gasteiger charge is -2.14. The lowest BCUT2D eigenvalue weighted by atomic mass is 10.2. The summed E-state index contributed by atoms with van der Waals surface area (Å²) in [5, 5.41) is 34.5. The highest BCUT2D eigenvalue weighted by Crippen LogP contribution is 2.26. The average molecular weight is 405 g/mol. The number of aromatic nitrogens is 1. The van der Waals surface area contributed by atoms with Crippen LogP contribution in [0.25, 0.3) is 10.9 Å². The van der Waals surface area contributed by atoms with Crippen LogP contribution in [0.1, 0.15) is 18.5 Å². The molecule has 4 N–H and O–H groups in total. The molecule has 0 fully saturated rings. The van der Waals surface area contributed by atoms with Crippen LogP contribution < -0.4 is 15.4 Å². The first kappa shape index (κ1) is 21.9. The Morgan fingerprint density at radius 3 is 3.00 bits per heavy atom. The minimum Gasteiger partial charge on any atom is -0.490 e. The molecule has 0 radical (unpaired) electrons. The average Bonchev–Trinajstić information content (AvgIpc) is 3.13. The van der Waals surface area contributed by atoms with Crippen molar-refractivity contribution < 1.29 is 24.6 Å². The molecule has 1 aromatic heterocycles. The molecule has 0 aliphatic rings. The predicted molar refractivity (Wildman–Crippen MR) is 103 cm³/mol. The van der Waals surface area contributed by atoms with Crippen molar-refractivity contribution in [2.75, 3.05) is 32.8 Å². The number of benzene rings is 1. The van der Waals surface area contributed by atoms with Crippen molar-refractivity contribution in [3.05, 3.63) is 40.1 Å². The summed E-state index contributed by atoms with van der Waals surface area (Å²) in [7, 11) is 0. The van der Waals surface area contributed by atoms with E-state index in [1.807, 2.05) is 12.1 Å². The standard InChI is InChI=1S/C18H23N5O6/c19-10-13-9-15-16(22-13)3-1-4-17(15)28-12-14(24)11-20-6-7-21-18(25)5-2-8-29-23(26)27/h1,3-4,9,14,20,22,24H,2,5-8,11-12H2,(H,21,25). The molecule has 1 heterocycles. The van der Waals surface area contributed by atoms with Crippen LogP contribution in [0.5, 0.6) is 5.75 Å². The lowest BCUT2D eigenvalue weighted by Crippen LogP contribution is -2.37. The van der Waals surface area contributed by atoms with E-state index in [2.05, 4.69) is 20.5 Å². The summed E-state index contributed by atoms with van der Waals surface area (Å²) in [4.78, 5) is 28.6. The van der Waals surface area contributed by atoms with E-state index in [9.17, 15) is 20.0 Å². The second-order valence-corrected chi connectivity index (χ2v) is 6.19. The smallest absolute Gasteiger partial charge is 0.294 e. The number of aliphatic hydroxyl groups is 1. The Balaban J connectivity index is 1.59. The van der Waals surface area contributed by atoms with E-state index in [-0.39, 0.29) is 38.5 Å². The van der Waals surface area contributed by atoms with E-state index < -0.39 is 11.2 Å². The first-order chi connectivity index (χ1) is 14.0. The number of nitriles is 1. The van der Waals surface area contributed by atoms with Crippen LogP contribution in [-0.4, -0.2) is 60.0 Å². The number of H-pyrrole nitrogens is 1. The second kappa shape index (κ2) is 11.5. The number of hydrogen-bond acceptors (Lipinski definition) is 8. The number of amides is 1. The molecule has 2 rings (SSSR count). The van der Waals surface area contributed by atoms with Crippen LogP contribution in [0.2, 0.25) is 0 Å². The molecule has 29 heavy (non-hydrogen) atoms. The number of hydrogen-bond donors (Lipinski definition) is 4. The molecule has 1 unspecified atom stereocenters. The largest absolute Gasteiger partial charge is 0.490 e. The van der Waals surface area contributed by atoms with Gasteiger partial charge in [0, 0.05) is 31.4 Å². The maximum Gasteiger partial charge on any atom is 0.294 e. The van der Waals surface area contributed by atoms with Gasteiger partial charge in [0.15, 0.2) is 0 Å². The number of nitrogens with one attached hydrogen (secondary N) is 3. The van der Waals surface area contributed by atoms with Crippen LogP contribution >= 0.6 is 0 Å². The third kappa shape index (κ3) is 7.65. The maximum absolute atomic E-state index is 11.5. The fourth-order valence-electron chi connectivity index (χ4n) is 2.58. The van der Waals surface area contributed by atoms with Gasteiger partial charge in [0.05, 0.1) is 12.1 Å². The molecule has 1 amide bonds. The van der Waals surface area contributed by atoms with Crippen molar-refractivity contribution in [1.29, 1.82) is 5.26 Å². The van der Waals surface area contributed by atoms with Gasteiger partial charge >= 0.3 is 0 Å². The number of nitrogens with zero attached hydrogens (tertiary/aromatic N) is 2. The van der Waals surface area contributed by atoms with E-state index >= 15 is 0 Å². The molecule has 0 saturated carbocycles. The molecule has 0 aliphatic heterocycles. The SMILES string of the molecule is N#Cc1cc2c(OCC(O)CNCCNC(=O)CCCO[N+](=O)[O-])cccc2[nH]1. The van der Waals surface area contributed by atoms with Gasteiger partial charge in [-0.15, -0.1) is 10.1 Å². The summed E-state index contributed by atoms with van der Waals surface area (Å²) in [5.41, 5.74) is 1.22. The molecule has 0 bridgehead atoms. The normalized spacial score (nSPS) is 11.6. The van der Waals surface area contributed by atoms with Gasteiger partial charge in [0.1, 0.15) is 30.2 Å². The van der Waals surface area contributed by atoms with Gasteiger partial charge in [-0.25, -0.2) is 0 Å². The first-order valence-corrected chi connectivity index (χ1v) is 9.07. The Kier molecular flexibility index (Phi) is 8.68. The molecular weight excluding hydrogens is 382 g/mol. The third-order valence-corrected chi connectivity index (χ3v) is 3.92. The lowest BCUT2D eigenvalue weighted by molar-refractivity contribution is -0.757. The minimum atomic E-state index is -0.890. The van der Waals surface area contributed by atoms with Gasteiger partial charge in [-0.2, -0.15) is 5.26 Å². The number of aromatic amines is 1. The van der Waals surface area contributed by atoms with Crippen LogP contribution in [0.15, 0.2) is 24.3 Å². The molecule has 156 valence electrons. The highest BCUT2D eigenvalue weighted by atomic mass is 16.9. The fraction of sp³-hybridized carbons (Fsp3) is 0.444. The van der Waals surface area contributed by atoms with Gasteiger partial charge in [0.2, 0.25) is 5.91 Å². The van der Waals surface area contributed by atoms with E-state index in [0.717, 1.165) is 10.9 Å². The summed E-state index contributed by atoms with van der Waals surface area (Å²) in [6.07, 6.45) is -0.350. The Bertz CT molecular complexity index is 862. The molecular formula is C18H23N5O6. The van der Waals surface area contributed by atoms with Crippen LogP contribution in [0.3, 0.4) is 0 Å². The van der Waals surface area contributed by atoms with Crippen LogP contribution in [0, 0.1) is 21.4 Å². The number of ether oxygens (including phenoxy) is 1. The number of carbonyl (C=O) groups excluding carboxylic acids is 1. The van der Waals surface area contributed by atoms with Gasteiger partial charge in [-0.05, 0) is 24.6 Å². The van der Waals surface area contributed by atoms with Gasteiger partial charge in [-0.3, -0.25) is 4.79 Å². The summed E-state index contributed by atoms with van der Waals surface area (Å²) in [6.45, 7) is 1.05. The van der Waals surface area contributed by atoms with Crippen molar-refractivity contribution in [3.63, 3.8) is 0 Å². The summed E-state index contributed by atoms with van der Waals surface area (Å²) in [5.74, 6) is 0.353. The van der Waals surface area contributed by atoms with Crippen molar-refractivity contribution in [2.24, 2.45) is 0 Å². The monoisotopic (exact) mass is 405 g/mol. The number of fused-ring (bicyclic) bond motifs is 1. The molecule has 11 heteroatoms. The van der Waals surface area contributed by atoms with E-state index in [1.165, 1.54) is 0 Å². The van der Waals surface area contributed by atoms with E-state index in [0.29, 0.717) is 24.5 Å². The van der Waals surface area contributed by atoms with Gasteiger partial charge in [-0.1, -0.05) is 6.07 Å². The van der Waals surface area contributed by atoms with Crippen LogP contribution in [-0.2, 0) is 9.63 Å². The number of aliphatic hydroxyl groups excluding tert-OH is 1. The Morgan fingerprint density at radius 2 is 2.24 bits per heavy atom. The third-order valence-electron chi connectivity index (χ3n) is 3.92. The Labute approximate surface area is 166 Å². The van der Waals surface area contributed by atoms with Crippen molar-refractivity contribution in [2.45, 2.75) is 18.9 Å². The fourth-order valence-corrected chi connectivity index (χ4v) is 2.58. The van der Waals surface area contributed by atoms with E-state index in [4.69, 9.17) is 10.00 Å². The molecule has 0 saturated heterocycles. The predicted octanol–water partition coefficient (Wildman–Crippen LogP) is 0.474. The molecule has 11 nitrogen and oxygen atoms in total. The van der Waals surface area contributed by atoms with Gasteiger partial charge < -0.3 is 30.3 Å². The first-order valence-electron chi connectivity index (χ1n) is 9.07. The molecule has 1 atom stereocenters. The molecule has 1 aromatic carbocycles. The summed E-state index contributed by atoms with van der Waals surface area (Å²) >= 11 is 0. The number of carbonyl (C=O) groups is 1. The van der Waals surface area contributed by atoms with Crippen LogP contribution in [0.4, 0.5) is 0 Å². The highest BCUT2D eigenvalue weighted by Gasteiger charge is 2.09. The minimum absolute atomic E-state index is 0.0714. The Morgan fingerprint density at radius 1 is 1.41 bits per heavy atom. The zero-order chi connectivity index (χ0) is 21.1. The summed E-state index contributed by atoms with van der Waals surface area (Å²) in [6, 6.07) is 9.14. The Hall–Kier alpha value is -3.36. The molecule has 0 aliphatic carbocycles. The van der Waals surface area contributed by atoms with Crippen molar-refractivity contribution in [1.82, 2.24) is 15.6 Å². The maximum atomic E-state index is 11.5. The number of rotatable bonds is 13. The van der Waals surface area contributed by atoms with Crippen molar-refractivity contribution in [3.8, 4) is 11.8 Å². The summed E-state index contributed by atoms with van der Waals surface area (Å²) < 4.78 is 5.66. The van der Waals surface area contributed by atoms with Gasteiger partial charge in [0.25, 0.3) is 5.09 Å². The highest BCUT2D eigenvalue weighted by molar-refractivity contribution is 5.87. The molecule has 0 spiro atoms. The molecule has 2 aromatic rings. The van der Waals surface area contributed by atoms with Crippen molar-refractivity contribution >= 4 is 16.8 Å².